The largest absolute Gasteiger partial charge is 0.299 e. The van der Waals surface area contributed by atoms with Crippen LogP contribution >= 0.6 is 0 Å². The highest BCUT2D eigenvalue weighted by atomic mass is 16.1. The summed E-state index contributed by atoms with van der Waals surface area (Å²) >= 11 is 0. The van der Waals surface area contributed by atoms with Crippen LogP contribution in [-0.2, 0) is 11.2 Å². The van der Waals surface area contributed by atoms with E-state index in [4.69, 9.17) is 0 Å². The molecular weight excluding hydrogens is 198 g/mol. The van der Waals surface area contributed by atoms with Crippen molar-refractivity contribution in [3.63, 3.8) is 0 Å². The highest BCUT2D eigenvalue weighted by molar-refractivity contribution is 5.82. The van der Waals surface area contributed by atoms with E-state index >= 15 is 0 Å². The molecule has 0 amide bonds. The molecule has 2 rings (SSSR count). The van der Waals surface area contributed by atoms with E-state index in [1.54, 1.807) is 6.20 Å². The molecule has 1 aromatic rings. The van der Waals surface area contributed by atoms with Crippen LogP contribution in [0.3, 0.4) is 0 Å². The molecule has 0 N–H and O–H groups in total. The first-order valence-corrected chi connectivity index (χ1v) is 6.18. The lowest BCUT2D eigenvalue weighted by Gasteiger charge is -2.24. The van der Waals surface area contributed by atoms with Gasteiger partial charge in [0.2, 0.25) is 0 Å². The molecule has 0 radical (unpaired) electrons. The second-order valence-electron chi connectivity index (χ2n) is 4.92. The minimum absolute atomic E-state index is 0.290. The molecule has 0 saturated heterocycles. The van der Waals surface area contributed by atoms with Crippen molar-refractivity contribution in [2.24, 2.45) is 11.8 Å². The Morgan fingerprint density at radius 1 is 1.31 bits per heavy atom. The molecule has 2 nitrogen and oxygen atoms in total. The molecule has 0 atom stereocenters. The third kappa shape index (κ3) is 2.91. The fourth-order valence-corrected chi connectivity index (χ4v) is 2.41. The lowest BCUT2D eigenvalue weighted by Crippen LogP contribution is -2.22. The van der Waals surface area contributed by atoms with Crippen molar-refractivity contribution < 1.29 is 4.79 Å². The summed E-state index contributed by atoms with van der Waals surface area (Å²) in [7, 11) is 0. The average molecular weight is 217 g/mol. The summed E-state index contributed by atoms with van der Waals surface area (Å²) in [5, 5.41) is 0. The normalized spacial score (nSPS) is 25.3. The maximum absolute atomic E-state index is 12.0. The van der Waals surface area contributed by atoms with E-state index in [1.165, 1.54) is 12.8 Å². The molecule has 0 bridgehead atoms. The Morgan fingerprint density at radius 2 is 2.06 bits per heavy atom. The van der Waals surface area contributed by atoms with Gasteiger partial charge in [-0.1, -0.05) is 25.8 Å². The predicted molar refractivity (Wildman–Crippen MR) is 64.1 cm³/mol. The van der Waals surface area contributed by atoms with Crippen LogP contribution in [0.4, 0.5) is 0 Å². The number of nitrogens with zero attached hydrogens (tertiary/aromatic N) is 1. The van der Waals surface area contributed by atoms with Crippen molar-refractivity contribution >= 4 is 5.78 Å². The van der Waals surface area contributed by atoms with E-state index in [1.807, 2.05) is 18.2 Å². The van der Waals surface area contributed by atoms with Crippen LogP contribution < -0.4 is 0 Å². The molecule has 0 spiro atoms. The number of Topliss-reactive ketones (excluding diaryl/α,β-unsaturated/α-hetero) is 1. The van der Waals surface area contributed by atoms with Gasteiger partial charge in [0, 0.05) is 24.2 Å². The Bertz CT molecular complexity index is 339. The number of carbonyl (C=O) groups excluding carboxylic acids is 1. The Labute approximate surface area is 97.1 Å². The molecule has 2 heteroatoms. The van der Waals surface area contributed by atoms with Crippen LogP contribution in [0.25, 0.3) is 0 Å². The second-order valence-corrected chi connectivity index (χ2v) is 4.92. The fourth-order valence-electron chi connectivity index (χ4n) is 2.41. The summed E-state index contributed by atoms with van der Waals surface area (Å²) in [5.41, 5.74) is 0.908. The lowest BCUT2D eigenvalue weighted by atomic mass is 9.80. The van der Waals surface area contributed by atoms with Gasteiger partial charge in [0.15, 0.2) is 0 Å². The van der Waals surface area contributed by atoms with Gasteiger partial charge >= 0.3 is 0 Å². The number of ketones is 1. The van der Waals surface area contributed by atoms with Crippen LogP contribution in [0.15, 0.2) is 24.4 Å². The van der Waals surface area contributed by atoms with E-state index < -0.39 is 0 Å². The van der Waals surface area contributed by atoms with Gasteiger partial charge in [-0.15, -0.1) is 0 Å². The Morgan fingerprint density at radius 3 is 2.69 bits per heavy atom. The molecule has 1 heterocycles. The van der Waals surface area contributed by atoms with Gasteiger partial charge < -0.3 is 0 Å². The lowest BCUT2D eigenvalue weighted by molar-refractivity contribution is -0.123. The van der Waals surface area contributed by atoms with Crippen molar-refractivity contribution in [2.75, 3.05) is 0 Å². The van der Waals surface area contributed by atoms with Crippen LogP contribution in [-0.4, -0.2) is 10.8 Å². The molecule has 0 aliphatic heterocycles. The quantitative estimate of drug-likeness (QED) is 0.779. The smallest absolute Gasteiger partial charge is 0.141 e. The zero-order valence-electron chi connectivity index (χ0n) is 9.86. The second kappa shape index (κ2) is 5.24. The molecule has 86 valence electrons. The van der Waals surface area contributed by atoms with Crippen molar-refractivity contribution in [1.29, 1.82) is 0 Å². The van der Waals surface area contributed by atoms with Crippen LogP contribution in [0.5, 0.6) is 0 Å². The Kier molecular flexibility index (Phi) is 3.70. The van der Waals surface area contributed by atoms with Gasteiger partial charge in [-0.2, -0.15) is 0 Å². The molecule has 1 aliphatic carbocycles. The number of hydrogen-bond acceptors (Lipinski definition) is 2. The number of hydrogen-bond donors (Lipinski definition) is 0. The summed E-state index contributed by atoms with van der Waals surface area (Å²) < 4.78 is 0. The molecule has 1 saturated carbocycles. The van der Waals surface area contributed by atoms with Gasteiger partial charge in [0.1, 0.15) is 5.78 Å². The summed E-state index contributed by atoms with van der Waals surface area (Å²) in [6, 6.07) is 5.76. The molecule has 16 heavy (non-hydrogen) atoms. The topological polar surface area (TPSA) is 30.0 Å². The summed E-state index contributed by atoms with van der Waals surface area (Å²) in [6.45, 7) is 2.28. The van der Waals surface area contributed by atoms with Gasteiger partial charge in [0.05, 0.1) is 0 Å². The SMILES string of the molecule is CC1CCC(C(=O)Cc2ccccn2)CC1. The number of pyridine rings is 1. The standard InChI is InChI=1S/C14H19NO/c1-11-5-7-12(8-6-11)14(16)10-13-4-2-3-9-15-13/h2-4,9,11-12H,5-8,10H2,1H3. The minimum Gasteiger partial charge on any atom is -0.299 e. The maximum Gasteiger partial charge on any atom is 0.141 e. The highest BCUT2D eigenvalue weighted by Gasteiger charge is 2.24. The van der Waals surface area contributed by atoms with Crippen LogP contribution in [0.1, 0.15) is 38.3 Å². The number of carbonyl (C=O) groups is 1. The molecule has 1 aromatic heterocycles. The van der Waals surface area contributed by atoms with E-state index in [0.29, 0.717) is 18.1 Å². The zero-order valence-corrected chi connectivity index (χ0v) is 9.86. The monoisotopic (exact) mass is 217 g/mol. The van der Waals surface area contributed by atoms with Gasteiger partial charge in [-0.3, -0.25) is 9.78 Å². The number of rotatable bonds is 3. The molecule has 0 unspecified atom stereocenters. The van der Waals surface area contributed by atoms with Crippen LogP contribution in [0, 0.1) is 11.8 Å². The molecule has 0 aromatic carbocycles. The maximum atomic E-state index is 12.0. The molecular formula is C14H19NO. The first kappa shape index (κ1) is 11.3. The fraction of sp³-hybridized carbons (Fsp3) is 0.571. The molecule has 1 fully saturated rings. The minimum atomic E-state index is 0.290. The zero-order chi connectivity index (χ0) is 11.4. The summed E-state index contributed by atoms with van der Waals surface area (Å²) in [5.74, 6) is 1.47. The summed E-state index contributed by atoms with van der Waals surface area (Å²) in [6.07, 6.45) is 6.84. The average Bonchev–Trinajstić information content (AvgIpc) is 2.31. The Balaban J connectivity index is 1.89. The van der Waals surface area contributed by atoms with Crippen molar-refractivity contribution in [2.45, 2.75) is 39.0 Å². The van der Waals surface area contributed by atoms with Crippen molar-refractivity contribution in [1.82, 2.24) is 4.98 Å². The van der Waals surface area contributed by atoms with E-state index in [9.17, 15) is 4.79 Å². The first-order chi connectivity index (χ1) is 7.75. The third-order valence-electron chi connectivity index (χ3n) is 3.55. The number of aromatic nitrogens is 1. The van der Waals surface area contributed by atoms with Gasteiger partial charge in [0.25, 0.3) is 0 Å². The van der Waals surface area contributed by atoms with Crippen molar-refractivity contribution in [3.8, 4) is 0 Å². The first-order valence-electron chi connectivity index (χ1n) is 6.18. The van der Waals surface area contributed by atoms with E-state index in [-0.39, 0.29) is 0 Å². The van der Waals surface area contributed by atoms with Gasteiger partial charge in [-0.25, -0.2) is 0 Å². The van der Waals surface area contributed by atoms with Crippen molar-refractivity contribution in [3.05, 3.63) is 30.1 Å². The van der Waals surface area contributed by atoms with Crippen LogP contribution in [0.2, 0.25) is 0 Å². The molecule has 1 aliphatic rings. The van der Waals surface area contributed by atoms with E-state index in [2.05, 4.69) is 11.9 Å². The summed E-state index contributed by atoms with van der Waals surface area (Å²) in [4.78, 5) is 16.2. The highest BCUT2D eigenvalue weighted by Crippen LogP contribution is 2.29. The van der Waals surface area contributed by atoms with Gasteiger partial charge in [-0.05, 0) is 30.9 Å². The Hall–Kier alpha value is -1.18. The third-order valence-corrected chi connectivity index (χ3v) is 3.55. The van der Waals surface area contributed by atoms with E-state index in [0.717, 1.165) is 24.5 Å². The predicted octanol–water partition coefficient (Wildman–Crippen LogP) is 3.02.